The highest BCUT2D eigenvalue weighted by Crippen LogP contribution is 2.15. The molecule has 0 heterocycles. The molecule has 2 aromatic rings. The van der Waals surface area contributed by atoms with Crippen molar-refractivity contribution in [3.05, 3.63) is 64.7 Å². The molecule has 138 valence electrons. The lowest BCUT2D eigenvalue weighted by molar-refractivity contribution is -0.682. The Bertz CT molecular complexity index is 747. The molecule has 0 aliphatic heterocycles. The van der Waals surface area contributed by atoms with Crippen LogP contribution in [0.3, 0.4) is 0 Å². The van der Waals surface area contributed by atoms with Gasteiger partial charge in [0.05, 0.1) is 6.54 Å². The quantitative estimate of drug-likeness (QED) is 0.663. The first-order chi connectivity index (χ1) is 12.5. The third-order valence-corrected chi connectivity index (χ3v) is 4.42. The van der Waals surface area contributed by atoms with Crippen LogP contribution in [0.5, 0.6) is 0 Å². The summed E-state index contributed by atoms with van der Waals surface area (Å²) in [5, 5.41) is 8.10. The highest BCUT2D eigenvalue weighted by molar-refractivity contribution is 6.30. The van der Waals surface area contributed by atoms with Crippen LogP contribution in [0.15, 0.2) is 48.5 Å². The summed E-state index contributed by atoms with van der Waals surface area (Å²) >= 11 is 5.88. The lowest BCUT2D eigenvalue weighted by atomic mass is 10.1. The van der Waals surface area contributed by atoms with Gasteiger partial charge in [-0.1, -0.05) is 48.9 Å². The molecule has 2 aromatic carbocycles. The Morgan fingerprint density at radius 1 is 1.08 bits per heavy atom. The molecule has 0 aliphatic carbocycles. The SMILES string of the molecule is CCc1ccccc1NC(=O)CNC(=O)C[NH2+][C@H](C)c1ccc(Cl)cc1. The molecule has 0 radical (unpaired) electrons. The summed E-state index contributed by atoms with van der Waals surface area (Å²) in [7, 11) is 0. The van der Waals surface area contributed by atoms with Crippen molar-refractivity contribution in [2.45, 2.75) is 26.3 Å². The molecule has 0 saturated heterocycles. The summed E-state index contributed by atoms with van der Waals surface area (Å²) in [6.07, 6.45) is 0.834. The number of anilines is 1. The Labute approximate surface area is 159 Å². The van der Waals surface area contributed by atoms with Gasteiger partial charge in [0.2, 0.25) is 5.91 Å². The number of aryl methyl sites for hydroxylation is 1. The fourth-order valence-corrected chi connectivity index (χ4v) is 2.71. The lowest BCUT2D eigenvalue weighted by Crippen LogP contribution is -2.87. The van der Waals surface area contributed by atoms with Gasteiger partial charge in [0.1, 0.15) is 6.04 Å². The van der Waals surface area contributed by atoms with E-state index in [0.29, 0.717) is 5.02 Å². The monoisotopic (exact) mass is 374 g/mol. The molecule has 0 saturated carbocycles. The van der Waals surface area contributed by atoms with E-state index in [1.807, 2.05) is 67.7 Å². The summed E-state index contributed by atoms with van der Waals surface area (Å²) in [5.74, 6) is -0.408. The number of carbonyl (C=O) groups excluding carboxylic acids is 2. The third kappa shape index (κ3) is 6.17. The molecule has 1 atom stereocenters. The van der Waals surface area contributed by atoms with Crippen LogP contribution < -0.4 is 16.0 Å². The maximum absolute atomic E-state index is 12.0. The van der Waals surface area contributed by atoms with Crippen LogP contribution in [0.2, 0.25) is 5.02 Å². The van der Waals surface area contributed by atoms with E-state index in [4.69, 9.17) is 11.6 Å². The standard InChI is InChI=1S/C20H24ClN3O2/c1-3-15-6-4-5-7-18(15)24-20(26)13-23-19(25)12-22-14(2)16-8-10-17(21)11-9-16/h4-11,14,22H,3,12-13H2,1-2H3,(H,23,25)(H,24,26)/p+1/t14-/m1/s1. The van der Waals surface area contributed by atoms with Gasteiger partial charge >= 0.3 is 0 Å². The summed E-state index contributed by atoms with van der Waals surface area (Å²) < 4.78 is 0. The van der Waals surface area contributed by atoms with Gasteiger partial charge in [-0.05, 0) is 37.1 Å². The van der Waals surface area contributed by atoms with Gasteiger partial charge in [-0.3, -0.25) is 9.59 Å². The van der Waals surface area contributed by atoms with E-state index < -0.39 is 0 Å². The number of carbonyl (C=O) groups is 2. The number of hydrogen-bond donors (Lipinski definition) is 3. The van der Waals surface area contributed by atoms with E-state index in [0.717, 1.165) is 23.2 Å². The van der Waals surface area contributed by atoms with Gasteiger partial charge in [0.25, 0.3) is 5.91 Å². The number of nitrogens with one attached hydrogen (secondary N) is 2. The van der Waals surface area contributed by atoms with Crippen molar-refractivity contribution < 1.29 is 14.9 Å². The molecular formula is C20H25ClN3O2+. The second-order valence-corrected chi connectivity index (χ2v) is 6.55. The van der Waals surface area contributed by atoms with Gasteiger partial charge in [-0.2, -0.15) is 0 Å². The van der Waals surface area contributed by atoms with E-state index in [1.54, 1.807) is 0 Å². The second-order valence-electron chi connectivity index (χ2n) is 6.12. The summed E-state index contributed by atoms with van der Waals surface area (Å²) in [4.78, 5) is 24.0. The lowest BCUT2D eigenvalue weighted by Gasteiger charge is -2.12. The summed E-state index contributed by atoms with van der Waals surface area (Å²) in [6, 6.07) is 15.3. The molecule has 5 nitrogen and oxygen atoms in total. The Balaban J connectivity index is 1.74. The number of amides is 2. The van der Waals surface area contributed by atoms with Crippen molar-refractivity contribution in [2.24, 2.45) is 0 Å². The minimum atomic E-state index is -0.231. The van der Waals surface area contributed by atoms with E-state index in [2.05, 4.69) is 10.6 Å². The van der Waals surface area contributed by atoms with Crippen LogP contribution in [0.25, 0.3) is 0 Å². The molecule has 0 fully saturated rings. The molecule has 0 spiro atoms. The maximum Gasteiger partial charge on any atom is 0.275 e. The Kier molecular flexibility index (Phi) is 7.63. The van der Waals surface area contributed by atoms with Gasteiger partial charge in [0, 0.05) is 16.3 Å². The Morgan fingerprint density at radius 3 is 2.46 bits per heavy atom. The van der Waals surface area contributed by atoms with Crippen molar-refractivity contribution >= 4 is 29.1 Å². The minimum Gasteiger partial charge on any atom is -0.342 e. The topological polar surface area (TPSA) is 74.8 Å². The average molecular weight is 375 g/mol. The number of quaternary nitrogens is 1. The highest BCUT2D eigenvalue weighted by atomic mass is 35.5. The van der Waals surface area contributed by atoms with Crippen molar-refractivity contribution in [1.82, 2.24) is 5.32 Å². The molecule has 2 rings (SSSR count). The van der Waals surface area contributed by atoms with Crippen LogP contribution >= 0.6 is 11.6 Å². The van der Waals surface area contributed by atoms with Crippen LogP contribution in [-0.2, 0) is 16.0 Å². The molecule has 0 bridgehead atoms. The minimum absolute atomic E-state index is 0.0416. The number of benzene rings is 2. The second kappa shape index (κ2) is 9.94. The van der Waals surface area contributed by atoms with Crippen molar-refractivity contribution in [2.75, 3.05) is 18.4 Å². The van der Waals surface area contributed by atoms with Gasteiger partial charge in [0.15, 0.2) is 6.54 Å². The van der Waals surface area contributed by atoms with Crippen LogP contribution in [-0.4, -0.2) is 24.9 Å². The summed E-state index contributed by atoms with van der Waals surface area (Å²) in [6.45, 7) is 4.26. The number of para-hydroxylation sites is 1. The van der Waals surface area contributed by atoms with Crippen LogP contribution in [0.4, 0.5) is 5.69 Å². The van der Waals surface area contributed by atoms with Gasteiger partial charge < -0.3 is 16.0 Å². The molecule has 0 unspecified atom stereocenters. The van der Waals surface area contributed by atoms with E-state index >= 15 is 0 Å². The number of halogens is 1. The fourth-order valence-electron chi connectivity index (χ4n) is 2.58. The zero-order chi connectivity index (χ0) is 18.9. The highest BCUT2D eigenvalue weighted by Gasteiger charge is 2.13. The predicted molar refractivity (Wildman–Crippen MR) is 104 cm³/mol. The number of hydrogen-bond acceptors (Lipinski definition) is 2. The molecular weight excluding hydrogens is 350 g/mol. The molecule has 0 aromatic heterocycles. The zero-order valence-electron chi connectivity index (χ0n) is 15.1. The van der Waals surface area contributed by atoms with Crippen LogP contribution in [0.1, 0.15) is 31.0 Å². The van der Waals surface area contributed by atoms with Gasteiger partial charge in [-0.15, -0.1) is 0 Å². The maximum atomic E-state index is 12.0. The molecule has 26 heavy (non-hydrogen) atoms. The average Bonchev–Trinajstić information content (AvgIpc) is 2.65. The van der Waals surface area contributed by atoms with E-state index in [9.17, 15) is 9.59 Å². The fraction of sp³-hybridized carbons (Fsp3) is 0.300. The van der Waals surface area contributed by atoms with E-state index in [1.165, 1.54) is 0 Å². The number of rotatable bonds is 8. The smallest absolute Gasteiger partial charge is 0.275 e. The number of nitrogens with two attached hydrogens (primary N) is 1. The van der Waals surface area contributed by atoms with Crippen molar-refractivity contribution in [3.63, 3.8) is 0 Å². The van der Waals surface area contributed by atoms with Gasteiger partial charge in [-0.25, -0.2) is 0 Å². The summed E-state index contributed by atoms with van der Waals surface area (Å²) in [5.41, 5.74) is 2.95. The third-order valence-electron chi connectivity index (χ3n) is 4.17. The zero-order valence-corrected chi connectivity index (χ0v) is 15.8. The molecule has 6 heteroatoms. The first-order valence-corrected chi connectivity index (χ1v) is 9.10. The predicted octanol–water partition coefficient (Wildman–Crippen LogP) is 2.28. The van der Waals surface area contributed by atoms with Crippen molar-refractivity contribution in [1.29, 1.82) is 0 Å². The van der Waals surface area contributed by atoms with Crippen LogP contribution in [0, 0.1) is 0 Å². The first kappa shape index (κ1) is 19.9. The Morgan fingerprint density at radius 2 is 1.77 bits per heavy atom. The largest absolute Gasteiger partial charge is 0.342 e. The van der Waals surface area contributed by atoms with E-state index in [-0.39, 0.29) is 30.9 Å². The first-order valence-electron chi connectivity index (χ1n) is 8.72. The molecule has 4 N–H and O–H groups in total. The molecule has 2 amide bonds. The normalized spacial score (nSPS) is 11.7. The van der Waals surface area contributed by atoms with Crippen molar-refractivity contribution in [3.8, 4) is 0 Å². The molecule has 0 aliphatic rings. The Hall–Kier alpha value is -2.37.